The molecule has 0 heterocycles. The molecule has 0 atom stereocenters. The van der Waals surface area contributed by atoms with Crippen LogP contribution in [0.1, 0.15) is 19.8 Å². The van der Waals surface area contributed by atoms with Gasteiger partial charge in [0.25, 0.3) is 0 Å². The highest BCUT2D eigenvalue weighted by atomic mass is 19.3. The maximum Gasteiger partial charge on any atom is 0.245 e. The summed E-state index contributed by atoms with van der Waals surface area (Å²) in [6, 6.07) is 0. The first-order valence-corrected chi connectivity index (χ1v) is 2.52. The van der Waals surface area contributed by atoms with E-state index < -0.39 is 12.5 Å². The molecule has 0 fully saturated rings. The molecular weight excluding hydrogens is 114 g/mol. The molecule has 0 aromatic rings. The third-order valence-electron chi connectivity index (χ3n) is 0.760. The first kappa shape index (κ1) is 7.82. The largest absolute Gasteiger partial charge is 0.245 e. The molecule has 0 rings (SSSR count). The normalized spacial score (nSPS) is 12.0. The lowest BCUT2D eigenvalue weighted by Crippen LogP contribution is -2.09. The molecule has 3 heteroatoms. The van der Waals surface area contributed by atoms with Crippen molar-refractivity contribution < 1.29 is 13.9 Å². The Hall–Kier alpha value is -0.180. The monoisotopic (exact) mass is 123 g/mol. The van der Waals surface area contributed by atoms with Gasteiger partial charge >= 0.3 is 0 Å². The molecule has 0 aliphatic heterocycles. The summed E-state index contributed by atoms with van der Waals surface area (Å²) in [5.41, 5.74) is 0. The molecule has 0 aromatic carbocycles. The molecule has 0 bridgehead atoms. The predicted molar refractivity (Wildman–Crippen MR) is 25.4 cm³/mol. The van der Waals surface area contributed by atoms with E-state index in [-0.39, 0.29) is 12.8 Å². The zero-order chi connectivity index (χ0) is 6.62. The van der Waals surface area contributed by atoms with Gasteiger partial charge in [0.15, 0.2) is 0 Å². The lowest BCUT2D eigenvalue weighted by Gasteiger charge is -2.06. The maximum absolute atomic E-state index is 11.8. The average molecular weight is 123 g/mol. The van der Waals surface area contributed by atoms with Gasteiger partial charge < -0.3 is 0 Å². The van der Waals surface area contributed by atoms with Gasteiger partial charge in [-0.1, -0.05) is 0 Å². The van der Waals surface area contributed by atoms with E-state index in [0.29, 0.717) is 0 Å². The summed E-state index contributed by atoms with van der Waals surface area (Å²) in [6.45, 7) is 0.423. The number of hydrogen-bond acceptors (Lipinski definition) is 0. The minimum atomic E-state index is -2.65. The second-order valence-electron chi connectivity index (χ2n) is 1.88. The summed E-state index contributed by atoms with van der Waals surface area (Å²) in [5, 5.41) is 9.64. The predicted octanol–water partition coefficient (Wildman–Crippen LogP) is 1.85. The lowest BCUT2D eigenvalue weighted by molar-refractivity contribution is 0.00348. The van der Waals surface area contributed by atoms with E-state index in [4.69, 9.17) is 0 Å². The Balaban J connectivity index is 3.11. The molecule has 1 nitrogen and oxygen atoms in total. The Labute approximate surface area is 47.3 Å². The van der Waals surface area contributed by atoms with Crippen molar-refractivity contribution in [1.82, 2.24) is 0 Å². The van der Waals surface area contributed by atoms with Gasteiger partial charge in [-0.05, 0) is 13.3 Å². The summed E-state index contributed by atoms with van der Waals surface area (Å²) in [4.78, 5) is 0. The highest BCUT2D eigenvalue weighted by Crippen LogP contribution is 2.17. The Morgan fingerprint density at radius 3 is 2.12 bits per heavy atom. The van der Waals surface area contributed by atoms with E-state index in [2.05, 4.69) is 0 Å². The van der Waals surface area contributed by atoms with Crippen LogP contribution >= 0.6 is 0 Å². The highest BCUT2D eigenvalue weighted by Gasteiger charge is 2.19. The van der Waals surface area contributed by atoms with Crippen LogP contribution in [0.25, 0.3) is 0 Å². The van der Waals surface area contributed by atoms with Crippen LogP contribution in [-0.4, -0.2) is 12.5 Å². The minimum Gasteiger partial charge on any atom is -0.237 e. The van der Waals surface area contributed by atoms with Gasteiger partial charge in [-0.3, -0.25) is 0 Å². The lowest BCUT2D eigenvalue weighted by atomic mass is 10.2. The van der Waals surface area contributed by atoms with E-state index in [1.54, 1.807) is 0 Å². The fraction of sp³-hybridized carbons (Fsp3) is 1.00. The van der Waals surface area contributed by atoms with Crippen LogP contribution in [0.4, 0.5) is 8.78 Å². The fourth-order valence-corrected chi connectivity index (χ4v) is 0.383. The van der Waals surface area contributed by atoms with Gasteiger partial charge in [0.1, 0.15) is 0 Å². The number of hydrogen-bond donors (Lipinski definition) is 0. The first-order valence-electron chi connectivity index (χ1n) is 2.52. The Bertz CT molecular complexity index is 57.9. The van der Waals surface area contributed by atoms with Crippen LogP contribution in [0.3, 0.4) is 0 Å². The third-order valence-corrected chi connectivity index (χ3v) is 0.760. The molecule has 0 unspecified atom stereocenters. The summed E-state index contributed by atoms with van der Waals surface area (Å²) in [5.74, 6) is -2.65. The van der Waals surface area contributed by atoms with Crippen molar-refractivity contribution in [2.75, 3.05) is 6.61 Å². The number of alkyl halides is 2. The molecule has 0 amide bonds. The van der Waals surface area contributed by atoms with Gasteiger partial charge in [-0.2, -0.15) is 0 Å². The highest BCUT2D eigenvalue weighted by molar-refractivity contribution is 4.55. The van der Waals surface area contributed by atoms with E-state index in [9.17, 15) is 13.9 Å². The Morgan fingerprint density at radius 1 is 1.50 bits per heavy atom. The quantitative estimate of drug-likeness (QED) is 0.545. The SMILES string of the molecule is CC(F)(F)CCC[O]. The standard InChI is InChI=1S/C5H9F2O/c1-5(6,7)3-2-4-8/h2-4H2,1H3. The smallest absolute Gasteiger partial charge is 0.237 e. The molecule has 1 radical (unpaired) electrons. The molecule has 0 spiro atoms. The van der Waals surface area contributed by atoms with Crippen LogP contribution < -0.4 is 0 Å². The zero-order valence-electron chi connectivity index (χ0n) is 4.79. The Kier molecular flexibility index (Phi) is 2.90. The van der Waals surface area contributed by atoms with Crippen molar-refractivity contribution in [3.05, 3.63) is 0 Å². The van der Waals surface area contributed by atoms with Crippen molar-refractivity contribution >= 4 is 0 Å². The summed E-state index contributed by atoms with van der Waals surface area (Å²) >= 11 is 0. The van der Waals surface area contributed by atoms with Crippen LogP contribution in [0, 0.1) is 0 Å². The first-order chi connectivity index (χ1) is 3.56. The zero-order valence-corrected chi connectivity index (χ0v) is 4.79. The topological polar surface area (TPSA) is 19.9 Å². The van der Waals surface area contributed by atoms with Crippen LogP contribution in [0.15, 0.2) is 0 Å². The van der Waals surface area contributed by atoms with E-state index in [1.807, 2.05) is 0 Å². The van der Waals surface area contributed by atoms with Gasteiger partial charge in [0.05, 0.1) is 6.61 Å². The fourth-order valence-electron chi connectivity index (χ4n) is 0.383. The average Bonchev–Trinajstić information content (AvgIpc) is 1.59. The van der Waals surface area contributed by atoms with E-state index >= 15 is 0 Å². The van der Waals surface area contributed by atoms with Crippen molar-refractivity contribution in [2.24, 2.45) is 0 Å². The Morgan fingerprint density at radius 2 is 2.00 bits per heavy atom. The van der Waals surface area contributed by atoms with Gasteiger partial charge in [-0.25, -0.2) is 13.9 Å². The van der Waals surface area contributed by atoms with Crippen LogP contribution in [0.5, 0.6) is 0 Å². The van der Waals surface area contributed by atoms with Crippen molar-refractivity contribution in [3.63, 3.8) is 0 Å². The molecule has 0 saturated heterocycles. The second-order valence-corrected chi connectivity index (χ2v) is 1.88. The maximum atomic E-state index is 11.8. The van der Waals surface area contributed by atoms with Crippen molar-refractivity contribution in [1.29, 1.82) is 0 Å². The van der Waals surface area contributed by atoms with Gasteiger partial charge in [0.2, 0.25) is 5.92 Å². The third kappa shape index (κ3) is 5.82. The van der Waals surface area contributed by atoms with Crippen molar-refractivity contribution in [2.45, 2.75) is 25.7 Å². The van der Waals surface area contributed by atoms with Gasteiger partial charge in [-0.15, -0.1) is 0 Å². The van der Waals surface area contributed by atoms with Crippen LogP contribution in [0.2, 0.25) is 0 Å². The molecule has 8 heavy (non-hydrogen) atoms. The molecule has 49 valence electrons. The second kappa shape index (κ2) is 2.97. The van der Waals surface area contributed by atoms with E-state index in [1.165, 1.54) is 0 Å². The van der Waals surface area contributed by atoms with E-state index in [0.717, 1.165) is 6.92 Å². The number of halogens is 2. The molecule has 0 aromatic heterocycles. The van der Waals surface area contributed by atoms with Gasteiger partial charge in [0, 0.05) is 6.42 Å². The molecule has 0 aliphatic rings. The van der Waals surface area contributed by atoms with Crippen molar-refractivity contribution in [3.8, 4) is 0 Å². The molecule has 0 N–H and O–H groups in total. The summed E-state index contributed by atoms with van der Waals surface area (Å²) in [6.07, 6.45) is -0.208. The van der Waals surface area contributed by atoms with Crippen LogP contribution in [-0.2, 0) is 5.11 Å². The minimum absolute atomic E-state index is 0.0729. The molecule has 0 saturated carbocycles. The molecule has 0 aliphatic carbocycles. The molecular formula is C5H9F2O. The number of rotatable bonds is 3. The summed E-state index contributed by atoms with van der Waals surface area (Å²) < 4.78 is 23.5. The summed E-state index contributed by atoms with van der Waals surface area (Å²) in [7, 11) is 0.